The Labute approximate surface area is 454 Å². The zero-order valence-electron chi connectivity index (χ0n) is 44.6. The fourth-order valence-corrected chi connectivity index (χ4v) is 13.4. The van der Waals surface area contributed by atoms with E-state index in [4.69, 9.17) is 0 Å². The van der Waals surface area contributed by atoms with Crippen molar-refractivity contribution in [3.63, 3.8) is 0 Å². The Morgan fingerprint density at radius 1 is 0.221 bits per heavy atom. The minimum Gasteiger partial charge on any atom is -0.310 e. The number of fused-ring (bicyclic) bond motifs is 9. The van der Waals surface area contributed by atoms with Crippen molar-refractivity contribution in [1.29, 1.82) is 0 Å². The van der Waals surface area contributed by atoms with E-state index in [1.54, 1.807) is 0 Å². The molecule has 3 aliphatic carbocycles. The first-order chi connectivity index (χ1) is 37.5. The van der Waals surface area contributed by atoms with Crippen LogP contribution in [0.2, 0.25) is 0 Å². The summed E-state index contributed by atoms with van der Waals surface area (Å²) in [5.74, 6) is 0. The quantitative estimate of drug-likeness (QED) is 0.142. The lowest BCUT2D eigenvalue weighted by Crippen LogP contribution is -2.18. The Kier molecular flexibility index (Phi) is 10.6. The summed E-state index contributed by atoms with van der Waals surface area (Å²) in [6.07, 6.45) is 0. The molecule has 0 aromatic heterocycles. The molecule has 0 unspecified atom stereocenters. The second-order valence-electron chi connectivity index (χ2n) is 22.9. The van der Waals surface area contributed by atoms with Crippen LogP contribution in [0, 0.1) is 0 Å². The molecule has 2 nitrogen and oxygen atoms in total. The van der Waals surface area contributed by atoms with Gasteiger partial charge >= 0.3 is 0 Å². The van der Waals surface area contributed by atoms with Crippen molar-refractivity contribution in [3.8, 4) is 66.8 Å². The largest absolute Gasteiger partial charge is 0.310 e. The minimum absolute atomic E-state index is 0.145. The highest BCUT2D eigenvalue weighted by Gasteiger charge is 2.44. The van der Waals surface area contributed by atoms with Crippen molar-refractivity contribution in [1.82, 2.24) is 0 Å². The number of para-hydroxylation sites is 1. The van der Waals surface area contributed by atoms with Crippen molar-refractivity contribution in [3.05, 3.63) is 288 Å². The standard InChI is InChI=1S/C75H60N2/c1-73(2)64-29-18-16-28-59(64)60-43-41-57(46-66(60)73)77(55-39-35-52(36-40-55)50-23-12-8-13-24-50)71-32-20-30-65-72(71)63-48-68-62(47-69(63)74(65,3)4)61-44-42-56(45-67(61)75(68,5)6)76(54-37-33-51(34-38-54)49-21-10-7-11-22-49)70-31-19-17-27-58(70)53-25-14-9-15-26-53/h7-48H,1-6H3. The molecule has 370 valence electrons. The highest BCUT2D eigenvalue weighted by molar-refractivity contribution is 5.99. The highest BCUT2D eigenvalue weighted by Crippen LogP contribution is 2.60. The summed E-state index contributed by atoms with van der Waals surface area (Å²) >= 11 is 0. The lowest BCUT2D eigenvalue weighted by molar-refractivity contribution is 0.652. The Bertz CT molecular complexity index is 4090. The molecule has 0 saturated carbocycles. The van der Waals surface area contributed by atoms with Gasteiger partial charge in [-0.15, -0.1) is 0 Å². The van der Waals surface area contributed by atoms with Gasteiger partial charge in [-0.25, -0.2) is 0 Å². The van der Waals surface area contributed by atoms with Crippen LogP contribution in [0.15, 0.2) is 255 Å². The van der Waals surface area contributed by atoms with Crippen LogP contribution in [0.25, 0.3) is 66.8 Å². The molecule has 0 amide bonds. The zero-order valence-corrected chi connectivity index (χ0v) is 44.6. The molecule has 0 saturated heterocycles. The van der Waals surface area contributed by atoms with Gasteiger partial charge in [0.25, 0.3) is 0 Å². The number of nitrogens with zero attached hydrogens (tertiary/aromatic N) is 2. The normalized spacial score (nSPS) is 14.4. The van der Waals surface area contributed by atoms with E-state index < -0.39 is 0 Å². The van der Waals surface area contributed by atoms with Crippen molar-refractivity contribution in [2.75, 3.05) is 9.80 Å². The summed E-state index contributed by atoms with van der Waals surface area (Å²) in [5, 5.41) is 0. The first kappa shape index (κ1) is 46.5. The van der Waals surface area contributed by atoms with Gasteiger partial charge in [0.15, 0.2) is 0 Å². The van der Waals surface area contributed by atoms with Gasteiger partial charge in [0.2, 0.25) is 0 Å². The Balaban J connectivity index is 0.912. The SMILES string of the molecule is CC1(C)c2ccccc2-c2ccc(N(c3ccc(-c4ccccc4)cc3)c3cccc4c3-c3cc5c(cc3C4(C)C)-c3ccc(N(c4ccc(-c6ccccc6)cc4)c4ccccc4-c4ccccc4)cc3C5(C)C)cc21. The van der Waals surface area contributed by atoms with E-state index in [1.807, 2.05) is 0 Å². The highest BCUT2D eigenvalue weighted by atomic mass is 15.2. The molecule has 3 aliphatic rings. The zero-order chi connectivity index (χ0) is 52.2. The van der Waals surface area contributed by atoms with Crippen LogP contribution in [-0.2, 0) is 16.2 Å². The van der Waals surface area contributed by atoms with Crippen LogP contribution in [0.1, 0.15) is 74.9 Å². The molecule has 14 rings (SSSR count). The number of hydrogen-bond donors (Lipinski definition) is 0. The lowest BCUT2D eigenvalue weighted by atomic mass is 9.79. The maximum absolute atomic E-state index is 2.57. The van der Waals surface area contributed by atoms with Crippen molar-refractivity contribution in [2.24, 2.45) is 0 Å². The van der Waals surface area contributed by atoms with Crippen LogP contribution in [0.3, 0.4) is 0 Å². The fraction of sp³-hybridized carbons (Fsp3) is 0.120. The van der Waals surface area contributed by atoms with Gasteiger partial charge in [0.1, 0.15) is 0 Å². The molecular formula is C75H60N2. The first-order valence-electron chi connectivity index (χ1n) is 27.2. The molecule has 0 radical (unpaired) electrons. The second-order valence-corrected chi connectivity index (χ2v) is 22.9. The smallest absolute Gasteiger partial charge is 0.0543 e. The van der Waals surface area contributed by atoms with E-state index in [0.29, 0.717) is 0 Å². The van der Waals surface area contributed by atoms with E-state index in [-0.39, 0.29) is 16.2 Å². The van der Waals surface area contributed by atoms with Gasteiger partial charge in [0.05, 0.1) is 11.4 Å². The molecule has 0 spiro atoms. The minimum atomic E-state index is -0.299. The van der Waals surface area contributed by atoms with Crippen LogP contribution in [0.5, 0.6) is 0 Å². The predicted molar refractivity (Wildman–Crippen MR) is 325 cm³/mol. The van der Waals surface area contributed by atoms with Gasteiger partial charge in [-0.1, -0.05) is 224 Å². The number of hydrogen-bond acceptors (Lipinski definition) is 2. The van der Waals surface area contributed by atoms with E-state index in [0.717, 1.165) is 28.4 Å². The third-order valence-electron chi connectivity index (χ3n) is 17.5. The molecule has 0 bridgehead atoms. The van der Waals surface area contributed by atoms with Crippen LogP contribution < -0.4 is 9.80 Å². The summed E-state index contributed by atoms with van der Waals surface area (Å²) < 4.78 is 0. The van der Waals surface area contributed by atoms with E-state index in [9.17, 15) is 0 Å². The predicted octanol–water partition coefficient (Wildman–Crippen LogP) is 20.5. The van der Waals surface area contributed by atoms with Gasteiger partial charge in [-0.05, 0) is 162 Å². The summed E-state index contributed by atoms with van der Waals surface area (Å²) in [6, 6.07) is 94.8. The first-order valence-corrected chi connectivity index (χ1v) is 27.2. The van der Waals surface area contributed by atoms with Gasteiger partial charge in [0, 0.05) is 50.1 Å². The summed E-state index contributed by atoms with van der Waals surface area (Å²) in [7, 11) is 0. The lowest BCUT2D eigenvalue weighted by Gasteiger charge is -2.30. The molecule has 0 fully saturated rings. The number of rotatable bonds is 9. The van der Waals surface area contributed by atoms with Crippen LogP contribution >= 0.6 is 0 Å². The van der Waals surface area contributed by atoms with Crippen LogP contribution in [0.4, 0.5) is 34.1 Å². The molecule has 0 N–H and O–H groups in total. The third kappa shape index (κ3) is 7.30. The molecular weight excluding hydrogens is 929 g/mol. The summed E-state index contributed by atoms with van der Waals surface area (Å²) in [5.41, 5.74) is 29.5. The summed E-state index contributed by atoms with van der Waals surface area (Å²) in [4.78, 5) is 4.99. The van der Waals surface area contributed by atoms with Gasteiger partial charge < -0.3 is 9.80 Å². The maximum atomic E-state index is 2.57. The van der Waals surface area contributed by atoms with Crippen LogP contribution in [-0.4, -0.2) is 0 Å². The van der Waals surface area contributed by atoms with Gasteiger partial charge in [-0.3, -0.25) is 0 Å². The van der Waals surface area contributed by atoms with Crippen molar-refractivity contribution >= 4 is 34.1 Å². The molecule has 2 heteroatoms. The Hall–Kier alpha value is -8.98. The average Bonchev–Trinajstić information content (AvgIpc) is 4.08. The molecule has 0 aliphatic heterocycles. The molecule has 11 aromatic carbocycles. The number of benzene rings is 11. The maximum Gasteiger partial charge on any atom is 0.0543 e. The number of anilines is 6. The Morgan fingerprint density at radius 3 is 1.17 bits per heavy atom. The second kappa shape index (κ2) is 17.5. The van der Waals surface area contributed by atoms with E-state index in [2.05, 4.69) is 306 Å². The molecule has 0 atom stereocenters. The monoisotopic (exact) mass is 988 g/mol. The van der Waals surface area contributed by atoms with Crippen molar-refractivity contribution in [2.45, 2.75) is 57.8 Å². The topological polar surface area (TPSA) is 6.48 Å². The summed E-state index contributed by atoms with van der Waals surface area (Å²) in [6.45, 7) is 14.5. The van der Waals surface area contributed by atoms with E-state index >= 15 is 0 Å². The molecule has 77 heavy (non-hydrogen) atoms. The third-order valence-corrected chi connectivity index (χ3v) is 17.5. The molecule has 11 aromatic rings. The fourth-order valence-electron chi connectivity index (χ4n) is 13.4. The van der Waals surface area contributed by atoms with Gasteiger partial charge in [-0.2, -0.15) is 0 Å². The molecule has 0 heterocycles. The van der Waals surface area contributed by atoms with E-state index in [1.165, 1.54) is 106 Å². The Morgan fingerprint density at radius 2 is 0.584 bits per heavy atom. The average molecular weight is 989 g/mol. The van der Waals surface area contributed by atoms with Crippen molar-refractivity contribution < 1.29 is 0 Å².